The van der Waals surface area contributed by atoms with Crippen LogP contribution in [0.2, 0.25) is 5.02 Å². The van der Waals surface area contributed by atoms with Crippen LogP contribution in [0, 0.1) is 11.7 Å². The van der Waals surface area contributed by atoms with Crippen LogP contribution >= 0.6 is 23.8 Å². The van der Waals surface area contributed by atoms with Crippen molar-refractivity contribution in [2.45, 2.75) is 25.3 Å². The molecule has 0 heterocycles. The SMILES string of the molecule is NC(=S)C1CCCC1NC(=O)c1ccc(F)cc1Cl. The van der Waals surface area contributed by atoms with Crippen LogP contribution in [0.25, 0.3) is 0 Å². The molecular weight excluding hydrogens is 287 g/mol. The minimum atomic E-state index is -0.469. The molecule has 0 bridgehead atoms. The molecule has 0 saturated heterocycles. The first-order valence-electron chi connectivity index (χ1n) is 6.04. The highest BCUT2D eigenvalue weighted by Crippen LogP contribution is 2.27. The first-order chi connectivity index (χ1) is 8.99. The van der Waals surface area contributed by atoms with Crippen molar-refractivity contribution in [3.63, 3.8) is 0 Å². The van der Waals surface area contributed by atoms with Crippen molar-refractivity contribution in [1.82, 2.24) is 5.32 Å². The molecule has 1 aliphatic rings. The third-order valence-electron chi connectivity index (χ3n) is 3.37. The fourth-order valence-electron chi connectivity index (χ4n) is 2.39. The topological polar surface area (TPSA) is 55.1 Å². The van der Waals surface area contributed by atoms with Crippen molar-refractivity contribution in [2.24, 2.45) is 11.7 Å². The zero-order valence-electron chi connectivity index (χ0n) is 10.2. The van der Waals surface area contributed by atoms with E-state index >= 15 is 0 Å². The summed E-state index contributed by atoms with van der Waals surface area (Å²) in [5, 5.41) is 2.97. The Morgan fingerprint density at radius 3 is 2.84 bits per heavy atom. The summed E-state index contributed by atoms with van der Waals surface area (Å²) in [6, 6.07) is 3.64. The van der Waals surface area contributed by atoms with E-state index in [1.807, 2.05) is 0 Å². The molecule has 0 aliphatic heterocycles. The second-order valence-electron chi connectivity index (χ2n) is 4.64. The molecule has 1 saturated carbocycles. The number of benzene rings is 1. The highest BCUT2D eigenvalue weighted by atomic mass is 35.5. The quantitative estimate of drug-likeness (QED) is 0.844. The molecule has 3 N–H and O–H groups in total. The number of carbonyl (C=O) groups excluding carboxylic acids is 1. The Morgan fingerprint density at radius 1 is 1.47 bits per heavy atom. The number of hydrogen-bond donors (Lipinski definition) is 2. The fraction of sp³-hybridized carbons (Fsp3) is 0.385. The number of nitrogens with one attached hydrogen (secondary N) is 1. The van der Waals surface area contributed by atoms with E-state index in [1.165, 1.54) is 12.1 Å². The molecule has 3 nitrogen and oxygen atoms in total. The van der Waals surface area contributed by atoms with Crippen LogP contribution in [0.5, 0.6) is 0 Å². The Kier molecular flexibility index (Phi) is 4.37. The predicted molar refractivity (Wildman–Crippen MR) is 76.8 cm³/mol. The summed E-state index contributed by atoms with van der Waals surface area (Å²) >= 11 is 10.9. The first kappa shape index (κ1) is 14.2. The average molecular weight is 301 g/mol. The van der Waals surface area contributed by atoms with E-state index in [4.69, 9.17) is 29.6 Å². The molecule has 2 unspecified atom stereocenters. The lowest BCUT2D eigenvalue weighted by Crippen LogP contribution is -2.41. The van der Waals surface area contributed by atoms with Gasteiger partial charge in [-0.1, -0.05) is 30.2 Å². The number of hydrogen-bond acceptors (Lipinski definition) is 2. The van der Waals surface area contributed by atoms with Gasteiger partial charge >= 0.3 is 0 Å². The molecule has 1 fully saturated rings. The molecule has 0 spiro atoms. The normalized spacial score (nSPS) is 22.2. The van der Waals surface area contributed by atoms with Crippen molar-refractivity contribution < 1.29 is 9.18 Å². The summed E-state index contributed by atoms with van der Waals surface area (Å²) in [4.78, 5) is 12.5. The van der Waals surface area contributed by atoms with Crippen LogP contribution in [0.1, 0.15) is 29.6 Å². The fourth-order valence-corrected chi connectivity index (χ4v) is 2.93. The lowest BCUT2D eigenvalue weighted by molar-refractivity contribution is 0.0934. The van der Waals surface area contributed by atoms with Gasteiger partial charge in [0.15, 0.2) is 0 Å². The monoisotopic (exact) mass is 300 g/mol. The Labute approximate surface area is 121 Å². The molecule has 1 aromatic carbocycles. The second kappa shape index (κ2) is 5.84. The Hall–Kier alpha value is -1.20. The maximum absolute atomic E-state index is 12.9. The van der Waals surface area contributed by atoms with E-state index in [1.54, 1.807) is 0 Å². The van der Waals surface area contributed by atoms with E-state index in [0.29, 0.717) is 4.99 Å². The second-order valence-corrected chi connectivity index (χ2v) is 5.52. The van der Waals surface area contributed by atoms with Crippen molar-refractivity contribution in [3.05, 3.63) is 34.6 Å². The van der Waals surface area contributed by atoms with Gasteiger partial charge < -0.3 is 11.1 Å². The highest BCUT2D eigenvalue weighted by Gasteiger charge is 2.31. The van der Waals surface area contributed by atoms with Crippen LogP contribution in [0.3, 0.4) is 0 Å². The summed E-state index contributed by atoms with van der Waals surface area (Å²) in [5.74, 6) is -0.764. The molecular formula is C13H14ClFN2OS. The van der Waals surface area contributed by atoms with Gasteiger partial charge in [-0.25, -0.2) is 4.39 Å². The predicted octanol–water partition coefficient (Wildman–Crippen LogP) is 2.66. The third-order valence-corrected chi connectivity index (χ3v) is 3.99. The van der Waals surface area contributed by atoms with Crippen molar-refractivity contribution in [3.8, 4) is 0 Å². The maximum atomic E-state index is 12.9. The highest BCUT2D eigenvalue weighted by molar-refractivity contribution is 7.80. The number of halogens is 2. The van der Waals surface area contributed by atoms with Gasteiger partial charge in [0.1, 0.15) is 5.82 Å². The zero-order valence-corrected chi connectivity index (χ0v) is 11.7. The van der Waals surface area contributed by atoms with Gasteiger partial charge in [-0.05, 0) is 31.0 Å². The molecule has 19 heavy (non-hydrogen) atoms. The largest absolute Gasteiger partial charge is 0.393 e. The summed E-state index contributed by atoms with van der Waals surface area (Å²) in [6.45, 7) is 0. The van der Waals surface area contributed by atoms with Gasteiger partial charge in [0.05, 0.1) is 15.6 Å². The number of carbonyl (C=O) groups is 1. The summed E-state index contributed by atoms with van der Waals surface area (Å²) in [5.41, 5.74) is 5.92. The molecule has 1 aliphatic carbocycles. The lowest BCUT2D eigenvalue weighted by atomic mass is 10.0. The molecule has 102 valence electrons. The van der Waals surface area contributed by atoms with E-state index in [2.05, 4.69) is 5.32 Å². The summed E-state index contributed by atoms with van der Waals surface area (Å²) in [6.07, 6.45) is 2.70. The van der Waals surface area contributed by atoms with Crippen molar-refractivity contribution in [1.29, 1.82) is 0 Å². The van der Waals surface area contributed by atoms with Crippen molar-refractivity contribution in [2.75, 3.05) is 0 Å². The van der Waals surface area contributed by atoms with Crippen LogP contribution in [0.4, 0.5) is 4.39 Å². The first-order valence-corrected chi connectivity index (χ1v) is 6.83. The van der Waals surface area contributed by atoms with E-state index in [-0.39, 0.29) is 28.5 Å². The van der Waals surface area contributed by atoms with E-state index in [0.717, 1.165) is 25.3 Å². The van der Waals surface area contributed by atoms with Gasteiger partial charge in [0, 0.05) is 12.0 Å². The molecule has 1 amide bonds. The lowest BCUT2D eigenvalue weighted by Gasteiger charge is -2.20. The van der Waals surface area contributed by atoms with Gasteiger partial charge in [0.25, 0.3) is 5.91 Å². The summed E-state index contributed by atoms with van der Waals surface area (Å²) < 4.78 is 12.9. The van der Waals surface area contributed by atoms with Crippen LogP contribution in [-0.2, 0) is 0 Å². The summed E-state index contributed by atoms with van der Waals surface area (Å²) in [7, 11) is 0. The number of thiocarbonyl (C=S) groups is 1. The molecule has 0 aromatic heterocycles. The maximum Gasteiger partial charge on any atom is 0.253 e. The molecule has 1 aromatic rings. The van der Waals surface area contributed by atoms with Crippen LogP contribution in [0.15, 0.2) is 18.2 Å². The third kappa shape index (κ3) is 3.22. The zero-order chi connectivity index (χ0) is 14.0. The number of rotatable bonds is 3. The Balaban J connectivity index is 2.10. The molecule has 6 heteroatoms. The molecule has 2 atom stereocenters. The van der Waals surface area contributed by atoms with Crippen molar-refractivity contribution >= 4 is 34.7 Å². The average Bonchev–Trinajstić information content (AvgIpc) is 2.76. The van der Waals surface area contributed by atoms with E-state index in [9.17, 15) is 9.18 Å². The van der Waals surface area contributed by atoms with E-state index < -0.39 is 5.82 Å². The van der Waals surface area contributed by atoms with Gasteiger partial charge in [0.2, 0.25) is 0 Å². The molecule has 0 radical (unpaired) electrons. The van der Waals surface area contributed by atoms with Crippen LogP contribution < -0.4 is 11.1 Å². The molecule has 2 rings (SSSR count). The standard InChI is InChI=1S/C13H14ClFN2OS/c14-10-6-7(15)4-5-8(10)13(18)17-11-3-1-2-9(11)12(16)19/h4-6,9,11H,1-3H2,(H2,16,19)(H,17,18). The van der Waals surface area contributed by atoms with Gasteiger partial charge in [-0.15, -0.1) is 0 Å². The Morgan fingerprint density at radius 2 is 2.21 bits per heavy atom. The van der Waals surface area contributed by atoms with Crippen LogP contribution in [-0.4, -0.2) is 16.9 Å². The minimum Gasteiger partial charge on any atom is -0.393 e. The minimum absolute atomic E-state index is 0.0261. The smallest absolute Gasteiger partial charge is 0.253 e. The van der Waals surface area contributed by atoms with Gasteiger partial charge in [-0.2, -0.15) is 0 Å². The number of nitrogens with two attached hydrogens (primary N) is 1. The number of amides is 1. The van der Waals surface area contributed by atoms with Gasteiger partial charge in [-0.3, -0.25) is 4.79 Å². The Bertz CT molecular complexity index is 523.